The molecule has 0 amide bonds. The fourth-order valence-corrected chi connectivity index (χ4v) is 6.41. The van der Waals surface area contributed by atoms with Gasteiger partial charge in [-0.15, -0.1) is 0 Å². The molecule has 3 aliphatic carbocycles. The molecule has 3 aliphatic rings. The zero-order valence-electron chi connectivity index (χ0n) is 20.9. The number of nitrogens with zero attached hydrogens (tertiary/aromatic N) is 3. The summed E-state index contributed by atoms with van der Waals surface area (Å²) in [5.41, 5.74) is 0.739. The number of carboxylic acids is 1. The molecule has 3 fully saturated rings. The van der Waals surface area contributed by atoms with Crippen molar-refractivity contribution >= 4 is 34.2 Å². The highest BCUT2D eigenvalue weighted by molar-refractivity contribution is 6.29. The van der Waals surface area contributed by atoms with E-state index in [0.717, 1.165) is 11.1 Å². The van der Waals surface area contributed by atoms with E-state index in [0.29, 0.717) is 60.9 Å². The van der Waals surface area contributed by atoms with Gasteiger partial charge in [-0.2, -0.15) is 0 Å². The van der Waals surface area contributed by atoms with Gasteiger partial charge in [-0.1, -0.05) is 17.7 Å². The van der Waals surface area contributed by atoms with Gasteiger partial charge in [0.1, 0.15) is 11.0 Å². The highest BCUT2D eigenvalue weighted by Crippen LogP contribution is 2.59. The smallest absolute Gasteiger partial charge is 0.356 e. The molecule has 3 aromatic rings. The number of aromatic nitrogens is 3. The monoisotopic (exact) mass is 530 g/mol. The average molecular weight is 531 g/mol. The van der Waals surface area contributed by atoms with Gasteiger partial charge in [-0.3, -0.25) is 9.36 Å². The van der Waals surface area contributed by atoms with Crippen molar-refractivity contribution < 1.29 is 18.7 Å². The Hall–Kier alpha value is -3.07. The van der Waals surface area contributed by atoms with E-state index in [1.807, 2.05) is 19.9 Å². The summed E-state index contributed by atoms with van der Waals surface area (Å²) in [5.74, 6) is -0.571. The van der Waals surface area contributed by atoms with Crippen LogP contribution in [0.1, 0.15) is 78.9 Å². The minimum atomic E-state index is -2.33. The predicted octanol–water partition coefficient (Wildman–Crippen LogP) is 6.02. The van der Waals surface area contributed by atoms with E-state index in [1.165, 1.54) is 6.07 Å². The van der Waals surface area contributed by atoms with Crippen molar-refractivity contribution in [3.8, 4) is 0 Å². The van der Waals surface area contributed by atoms with Gasteiger partial charge < -0.3 is 10.4 Å². The number of rotatable bonds is 6. The lowest BCUT2D eigenvalue weighted by molar-refractivity contribution is -0.0866. The van der Waals surface area contributed by atoms with Crippen molar-refractivity contribution in [3.63, 3.8) is 0 Å². The number of halogens is 3. The van der Waals surface area contributed by atoms with Gasteiger partial charge in [-0.25, -0.2) is 23.5 Å². The SMILES string of the molecule is Cc1cc([C@@H](C)Nc2ccc(Cl)nc2C(=O)O)c2nc(C34CCC(C(F)F)(CC3)CC4)n(C)c(=O)c2c1. The molecule has 2 heterocycles. The van der Waals surface area contributed by atoms with E-state index in [-0.39, 0.29) is 16.4 Å². The number of aromatic carboxylic acids is 1. The Kier molecular flexibility index (Phi) is 6.25. The van der Waals surface area contributed by atoms with Gasteiger partial charge in [0, 0.05) is 23.4 Å². The highest BCUT2D eigenvalue weighted by atomic mass is 35.5. The molecule has 37 heavy (non-hydrogen) atoms. The van der Waals surface area contributed by atoms with Crippen LogP contribution in [-0.4, -0.2) is 32.0 Å². The third-order valence-corrected chi connectivity index (χ3v) is 8.71. The predicted molar refractivity (Wildman–Crippen MR) is 138 cm³/mol. The van der Waals surface area contributed by atoms with Crippen LogP contribution in [0.2, 0.25) is 5.15 Å². The third kappa shape index (κ3) is 4.17. The van der Waals surface area contributed by atoms with Crippen molar-refractivity contribution in [3.05, 3.63) is 62.4 Å². The first-order valence-corrected chi connectivity index (χ1v) is 12.8. The molecule has 1 aromatic carbocycles. The van der Waals surface area contributed by atoms with Crippen LogP contribution in [0.25, 0.3) is 10.9 Å². The zero-order valence-corrected chi connectivity index (χ0v) is 21.7. The van der Waals surface area contributed by atoms with E-state index in [4.69, 9.17) is 16.6 Å². The molecule has 3 saturated carbocycles. The van der Waals surface area contributed by atoms with E-state index < -0.39 is 29.3 Å². The number of fused-ring (bicyclic) bond motifs is 4. The number of benzene rings is 1. The molecule has 0 unspecified atom stereocenters. The molecule has 0 radical (unpaired) electrons. The van der Waals surface area contributed by atoms with E-state index in [9.17, 15) is 23.5 Å². The molecule has 196 valence electrons. The number of hydrogen-bond acceptors (Lipinski definition) is 5. The second-order valence-corrected chi connectivity index (χ2v) is 11.1. The van der Waals surface area contributed by atoms with E-state index >= 15 is 0 Å². The summed E-state index contributed by atoms with van der Waals surface area (Å²) in [5, 5.41) is 13.3. The van der Waals surface area contributed by atoms with Crippen molar-refractivity contribution in [2.45, 2.75) is 70.3 Å². The van der Waals surface area contributed by atoms with Crippen LogP contribution < -0.4 is 10.9 Å². The van der Waals surface area contributed by atoms with Crippen molar-refractivity contribution in [1.29, 1.82) is 0 Å². The van der Waals surface area contributed by atoms with Gasteiger partial charge in [0.15, 0.2) is 5.69 Å². The van der Waals surface area contributed by atoms with Crippen LogP contribution >= 0.6 is 11.6 Å². The molecule has 2 bridgehead atoms. The molecule has 10 heteroatoms. The van der Waals surface area contributed by atoms with E-state index in [1.54, 1.807) is 23.7 Å². The first kappa shape index (κ1) is 25.6. The topological polar surface area (TPSA) is 97.1 Å². The number of aryl methyl sites for hydroxylation is 1. The summed E-state index contributed by atoms with van der Waals surface area (Å²) < 4.78 is 29.2. The van der Waals surface area contributed by atoms with Crippen LogP contribution in [0.3, 0.4) is 0 Å². The van der Waals surface area contributed by atoms with E-state index in [2.05, 4.69) is 10.3 Å². The maximum atomic E-state index is 13.8. The van der Waals surface area contributed by atoms with Crippen molar-refractivity contribution in [1.82, 2.24) is 14.5 Å². The molecule has 2 aromatic heterocycles. The van der Waals surface area contributed by atoms with Crippen LogP contribution in [0.15, 0.2) is 29.1 Å². The second kappa shape index (κ2) is 9.04. The highest BCUT2D eigenvalue weighted by Gasteiger charge is 2.55. The van der Waals surface area contributed by atoms with Gasteiger partial charge in [-0.05, 0) is 76.1 Å². The minimum Gasteiger partial charge on any atom is -0.476 e. The first-order chi connectivity index (χ1) is 17.5. The number of anilines is 1. The van der Waals surface area contributed by atoms with Crippen LogP contribution in [0.5, 0.6) is 0 Å². The van der Waals surface area contributed by atoms with Crippen molar-refractivity contribution in [2.75, 3.05) is 5.32 Å². The zero-order chi connectivity index (χ0) is 26.7. The maximum absolute atomic E-state index is 13.8. The summed E-state index contributed by atoms with van der Waals surface area (Å²) in [6, 6.07) is 6.38. The molecular formula is C27H29ClF2N4O3. The number of alkyl halides is 2. The summed E-state index contributed by atoms with van der Waals surface area (Å²) in [6.45, 7) is 3.75. The lowest BCUT2D eigenvalue weighted by Gasteiger charge is -2.52. The number of carboxylic acid groups (broad SMARTS) is 1. The largest absolute Gasteiger partial charge is 0.476 e. The quantitative estimate of drug-likeness (QED) is 0.378. The summed E-state index contributed by atoms with van der Waals surface area (Å²) in [6.07, 6.45) is 0.693. The maximum Gasteiger partial charge on any atom is 0.356 e. The number of hydrogen-bond donors (Lipinski definition) is 2. The summed E-state index contributed by atoms with van der Waals surface area (Å²) >= 11 is 5.90. The van der Waals surface area contributed by atoms with Gasteiger partial charge in [0.25, 0.3) is 5.56 Å². The van der Waals surface area contributed by atoms with Gasteiger partial charge in [0.05, 0.1) is 22.6 Å². The molecule has 0 spiro atoms. The van der Waals surface area contributed by atoms with Crippen LogP contribution in [-0.2, 0) is 12.5 Å². The van der Waals surface area contributed by atoms with Crippen LogP contribution in [0, 0.1) is 12.3 Å². The Morgan fingerprint density at radius 3 is 2.38 bits per heavy atom. The first-order valence-electron chi connectivity index (χ1n) is 12.4. The lowest BCUT2D eigenvalue weighted by atomic mass is 9.53. The summed E-state index contributed by atoms with van der Waals surface area (Å²) in [4.78, 5) is 34.3. The minimum absolute atomic E-state index is 0.0708. The molecule has 0 saturated heterocycles. The lowest BCUT2D eigenvalue weighted by Crippen LogP contribution is -2.49. The van der Waals surface area contributed by atoms with Gasteiger partial charge in [0.2, 0.25) is 6.43 Å². The molecular weight excluding hydrogens is 502 g/mol. The number of pyridine rings is 1. The molecule has 2 N–H and O–H groups in total. The van der Waals surface area contributed by atoms with Gasteiger partial charge >= 0.3 is 5.97 Å². The molecule has 6 rings (SSSR count). The van der Waals surface area contributed by atoms with Crippen LogP contribution in [0.4, 0.5) is 14.5 Å². The fraction of sp³-hybridized carbons (Fsp3) is 0.481. The third-order valence-electron chi connectivity index (χ3n) is 8.50. The Morgan fingerprint density at radius 2 is 1.78 bits per heavy atom. The molecule has 7 nitrogen and oxygen atoms in total. The normalized spacial score (nSPS) is 24.0. The fourth-order valence-electron chi connectivity index (χ4n) is 6.26. The molecule has 1 atom stereocenters. The summed E-state index contributed by atoms with van der Waals surface area (Å²) in [7, 11) is 1.71. The van der Waals surface area contributed by atoms with Crippen molar-refractivity contribution in [2.24, 2.45) is 12.5 Å². The Morgan fingerprint density at radius 1 is 1.14 bits per heavy atom. The Balaban J connectivity index is 1.60. The second-order valence-electron chi connectivity index (χ2n) is 10.7. The standard InChI is InChI=1S/C27H29ClF2N4O3/c1-14-12-16(15(2)31-18-4-5-19(28)32-21(18)23(36)37)20-17(13-14)22(35)34(3)25(33-20)27-9-6-26(7-10-27,8-11-27)24(29)30/h4-5,12-13,15,24,31H,6-11H2,1-3H3,(H,36,37)/t15-,26?,27?/m1/s1. The number of carbonyl (C=O) groups is 1. The Labute approximate surface area is 217 Å². The number of nitrogens with one attached hydrogen (secondary N) is 1. The Bertz CT molecular complexity index is 1450. The average Bonchev–Trinajstić information content (AvgIpc) is 2.87. The molecule has 0 aliphatic heterocycles.